The molecule has 19 heavy (non-hydrogen) atoms. The molecule has 1 atom stereocenters. The van der Waals surface area contributed by atoms with E-state index < -0.39 is 0 Å². The van der Waals surface area contributed by atoms with Crippen molar-refractivity contribution in [1.29, 1.82) is 0 Å². The molecule has 0 spiro atoms. The predicted molar refractivity (Wildman–Crippen MR) is 76.8 cm³/mol. The van der Waals surface area contributed by atoms with Gasteiger partial charge in [0.15, 0.2) is 0 Å². The maximum atomic E-state index is 11.8. The van der Waals surface area contributed by atoms with E-state index in [4.69, 9.17) is 11.6 Å². The number of anilines is 1. The molecule has 1 aliphatic rings. The van der Waals surface area contributed by atoms with Crippen molar-refractivity contribution in [1.82, 2.24) is 15.6 Å². The third-order valence-corrected chi connectivity index (χ3v) is 3.46. The summed E-state index contributed by atoms with van der Waals surface area (Å²) in [5.41, 5.74) is 1.27. The van der Waals surface area contributed by atoms with E-state index in [0.29, 0.717) is 16.8 Å². The Bertz CT molecular complexity index is 444. The highest BCUT2D eigenvalue weighted by molar-refractivity contribution is 6.29. The fourth-order valence-electron chi connectivity index (χ4n) is 2.23. The number of carbonyl (C=O) groups is 1. The van der Waals surface area contributed by atoms with Crippen LogP contribution in [0.1, 0.15) is 29.6 Å². The molecular weight excluding hydrogens is 264 g/mol. The lowest BCUT2D eigenvalue weighted by Gasteiger charge is -2.19. The van der Waals surface area contributed by atoms with Gasteiger partial charge >= 0.3 is 0 Å². The standard InChI is InChI=1S/C13H19ClN4O/c1-15-13(19)10-8-17-12(14)6-11(10)18-9-4-2-3-5-16-7-9/h6,8-9,16H,2-5,7H2,1H3,(H,15,19)(H,17,18)/t9-/m1/s1. The molecule has 1 aliphatic heterocycles. The molecule has 0 unspecified atom stereocenters. The van der Waals surface area contributed by atoms with Crippen molar-refractivity contribution in [3.63, 3.8) is 0 Å². The molecular formula is C13H19ClN4O. The van der Waals surface area contributed by atoms with E-state index in [2.05, 4.69) is 20.9 Å². The van der Waals surface area contributed by atoms with Crippen LogP contribution in [0, 0.1) is 0 Å². The molecule has 1 saturated heterocycles. The molecule has 3 N–H and O–H groups in total. The minimum absolute atomic E-state index is 0.159. The average molecular weight is 283 g/mol. The first-order valence-corrected chi connectivity index (χ1v) is 6.93. The summed E-state index contributed by atoms with van der Waals surface area (Å²) in [6.45, 7) is 1.95. The lowest BCUT2D eigenvalue weighted by Crippen LogP contribution is -2.32. The molecule has 0 radical (unpaired) electrons. The number of nitrogens with one attached hydrogen (secondary N) is 3. The van der Waals surface area contributed by atoms with Crippen molar-refractivity contribution < 1.29 is 4.79 Å². The van der Waals surface area contributed by atoms with Crippen LogP contribution >= 0.6 is 11.6 Å². The SMILES string of the molecule is CNC(=O)c1cnc(Cl)cc1N[C@@H]1CCCCNC1. The third kappa shape index (κ3) is 3.81. The van der Waals surface area contributed by atoms with E-state index in [1.54, 1.807) is 13.1 Å². The predicted octanol–water partition coefficient (Wildman–Crippen LogP) is 1.65. The summed E-state index contributed by atoms with van der Waals surface area (Å²) in [7, 11) is 1.61. The van der Waals surface area contributed by atoms with Crippen LogP contribution in [0.15, 0.2) is 12.3 Å². The Labute approximate surface area is 118 Å². The minimum Gasteiger partial charge on any atom is -0.380 e. The third-order valence-electron chi connectivity index (χ3n) is 3.25. The van der Waals surface area contributed by atoms with E-state index in [1.807, 2.05) is 0 Å². The number of pyridine rings is 1. The summed E-state index contributed by atoms with van der Waals surface area (Å²) in [6.07, 6.45) is 4.96. The fraction of sp³-hybridized carbons (Fsp3) is 0.538. The maximum absolute atomic E-state index is 11.8. The molecule has 0 aliphatic carbocycles. The van der Waals surface area contributed by atoms with Crippen LogP contribution in [0.3, 0.4) is 0 Å². The largest absolute Gasteiger partial charge is 0.380 e. The summed E-state index contributed by atoms with van der Waals surface area (Å²) in [4.78, 5) is 15.8. The summed E-state index contributed by atoms with van der Waals surface area (Å²) >= 11 is 5.92. The molecule has 0 bridgehead atoms. The topological polar surface area (TPSA) is 66.0 Å². The monoisotopic (exact) mass is 282 g/mol. The van der Waals surface area contributed by atoms with Gasteiger partial charge in [-0.1, -0.05) is 18.0 Å². The van der Waals surface area contributed by atoms with Gasteiger partial charge in [0.2, 0.25) is 0 Å². The van der Waals surface area contributed by atoms with Gasteiger partial charge in [-0.2, -0.15) is 0 Å². The summed E-state index contributed by atoms with van der Waals surface area (Å²) in [6, 6.07) is 2.01. The second-order valence-corrected chi connectivity index (χ2v) is 5.06. The number of hydrogen-bond donors (Lipinski definition) is 3. The zero-order valence-electron chi connectivity index (χ0n) is 11.0. The van der Waals surface area contributed by atoms with Gasteiger partial charge in [0, 0.05) is 25.8 Å². The van der Waals surface area contributed by atoms with Crippen molar-refractivity contribution in [2.45, 2.75) is 25.3 Å². The molecule has 6 heteroatoms. The van der Waals surface area contributed by atoms with Crippen molar-refractivity contribution in [3.8, 4) is 0 Å². The highest BCUT2D eigenvalue weighted by Crippen LogP contribution is 2.21. The van der Waals surface area contributed by atoms with Crippen molar-refractivity contribution in [3.05, 3.63) is 23.0 Å². The first-order valence-electron chi connectivity index (χ1n) is 6.55. The Morgan fingerprint density at radius 3 is 3.16 bits per heavy atom. The van der Waals surface area contributed by atoms with Gasteiger partial charge in [-0.05, 0) is 25.5 Å². The maximum Gasteiger partial charge on any atom is 0.254 e. The number of aromatic nitrogens is 1. The zero-order chi connectivity index (χ0) is 13.7. The fourth-order valence-corrected chi connectivity index (χ4v) is 2.39. The molecule has 2 rings (SSSR count). The summed E-state index contributed by atoms with van der Waals surface area (Å²) in [5.74, 6) is -0.159. The number of carbonyl (C=O) groups excluding carboxylic acids is 1. The summed E-state index contributed by atoms with van der Waals surface area (Å²) in [5, 5.41) is 9.78. The molecule has 2 heterocycles. The number of halogens is 1. The lowest BCUT2D eigenvalue weighted by molar-refractivity contribution is 0.0963. The van der Waals surface area contributed by atoms with Gasteiger partial charge in [0.25, 0.3) is 5.91 Å². The van der Waals surface area contributed by atoms with Gasteiger partial charge in [-0.25, -0.2) is 4.98 Å². The molecule has 1 fully saturated rings. The highest BCUT2D eigenvalue weighted by Gasteiger charge is 2.16. The second-order valence-electron chi connectivity index (χ2n) is 4.67. The molecule has 0 saturated carbocycles. The van der Waals surface area contributed by atoms with Crippen LogP contribution in [-0.2, 0) is 0 Å². The number of hydrogen-bond acceptors (Lipinski definition) is 4. The molecule has 5 nitrogen and oxygen atoms in total. The Morgan fingerprint density at radius 2 is 2.37 bits per heavy atom. The van der Waals surface area contributed by atoms with E-state index in [9.17, 15) is 4.79 Å². The average Bonchev–Trinajstić information content (AvgIpc) is 2.67. The van der Waals surface area contributed by atoms with Crippen LogP contribution in [0.5, 0.6) is 0 Å². The van der Waals surface area contributed by atoms with Crippen LogP contribution in [-0.4, -0.2) is 37.1 Å². The second kappa shape index (κ2) is 6.73. The molecule has 1 aromatic heterocycles. The smallest absolute Gasteiger partial charge is 0.254 e. The van der Waals surface area contributed by atoms with Crippen LogP contribution in [0.25, 0.3) is 0 Å². The Hall–Kier alpha value is -1.33. The van der Waals surface area contributed by atoms with E-state index in [1.165, 1.54) is 19.0 Å². The molecule has 104 valence electrons. The number of rotatable bonds is 3. The molecule has 0 aromatic carbocycles. The highest BCUT2D eigenvalue weighted by atomic mass is 35.5. The van der Waals surface area contributed by atoms with Crippen LogP contribution < -0.4 is 16.0 Å². The van der Waals surface area contributed by atoms with Crippen molar-refractivity contribution >= 4 is 23.2 Å². The first-order chi connectivity index (χ1) is 9.20. The Balaban J connectivity index is 2.17. The normalized spacial score (nSPS) is 19.6. The lowest BCUT2D eigenvalue weighted by atomic mass is 10.1. The van der Waals surface area contributed by atoms with E-state index in [-0.39, 0.29) is 5.91 Å². The van der Waals surface area contributed by atoms with Gasteiger partial charge in [-0.15, -0.1) is 0 Å². The van der Waals surface area contributed by atoms with Gasteiger partial charge in [-0.3, -0.25) is 4.79 Å². The van der Waals surface area contributed by atoms with Gasteiger partial charge in [0.1, 0.15) is 5.15 Å². The molecule has 1 amide bonds. The van der Waals surface area contributed by atoms with Crippen molar-refractivity contribution in [2.75, 3.05) is 25.5 Å². The molecule has 1 aromatic rings. The Morgan fingerprint density at radius 1 is 1.53 bits per heavy atom. The minimum atomic E-state index is -0.159. The number of nitrogens with zero attached hydrogens (tertiary/aromatic N) is 1. The first kappa shape index (κ1) is 14.1. The summed E-state index contributed by atoms with van der Waals surface area (Å²) < 4.78 is 0. The zero-order valence-corrected chi connectivity index (χ0v) is 11.8. The van der Waals surface area contributed by atoms with Crippen LogP contribution in [0.2, 0.25) is 5.15 Å². The van der Waals surface area contributed by atoms with E-state index >= 15 is 0 Å². The van der Waals surface area contributed by atoms with Gasteiger partial charge < -0.3 is 16.0 Å². The van der Waals surface area contributed by atoms with Crippen LogP contribution in [0.4, 0.5) is 5.69 Å². The number of amides is 1. The Kier molecular flexibility index (Phi) is 4.99. The quantitative estimate of drug-likeness (QED) is 0.738. The van der Waals surface area contributed by atoms with E-state index in [0.717, 1.165) is 25.2 Å². The van der Waals surface area contributed by atoms with Gasteiger partial charge in [0.05, 0.1) is 11.3 Å². The van der Waals surface area contributed by atoms with Crippen molar-refractivity contribution in [2.24, 2.45) is 0 Å².